The largest absolute Gasteiger partial charge is 0.308 e. The highest BCUT2D eigenvalue weighted by molar-refractivity contribution is 5.03. The molecule has 0 bridgehead atoms. The molecular weight excluding hydrogens is 244 g/mol. The van der Waals surface area contributed by atoms with Crippen LogP contribution in [0, 0.1) is 5.41 Å². The Morgan fingerprint density at radius 3 is 2.40 bits per heavy atom. The van der Waals surface area contributed by atoms with E-state index in [1.165, 1.54) is 83.8 Å². The van der Waals surface area contributed by atoms with Crippen LogP contribution in [0.25, 0.3) is 0 Å². The van der Waals surface area contributed by atoms with Gasteiger partial charge in [0.25, 0.3) is 0 Å². The van der Waals surface area contributed by atoms with E-state index in [1.54, 1.807) is 0 Å². The molecule has 1 saturated heterocycles. The normalized spacial score (nSPS) is 32.4. The molecule has 0 aromatic carbocycles. The summed E-state index contributed by atoms with van der Waals surface area (Å²) < 4.78 is 0. The molecule has 1 spiro atoms. The third kappa shape index (κ3) is 3.06. The average Bonchev–Trinajstić information content (AvgIpc) is 3.20. The van der Waals surface area contributed by atoms with Gasteiger partial charge in [0.1, 0.15) is 0 Å². The summed E-state index contributed by atoms with van der Waals surface area (Å²) in [6.07, 6.45) is 14.3. The summed E-state index contributed by atoms with van der Waals surface area (Å²) in [4.78, 5) is 2.89. The molecule has 0 aromatic heterocycles. The minimum Gasteiger partial charge on any atom is -0.308 e. The van der Waals surface area contributed by atoms with Crippen LogP contribution in [0.1, 0.15) is 78.1 Å². The first-order valence-corrected chi connectivity index (χ1v) is 9.20. The maximum Gasteiger partial charge on any atom is 0.0309 e. The molecule has 20 heavy (non-hydrogen) atoms. The van der Waals surface area contributed by atoms with E-state index in [0.717, 1.165) is 11.5 Å². The molecular formula is C18H34N2. The van der Waals surface area contributed by atoms with Crippen LogP contribution in [-0.2, 0) is 0 Å². The fraction of sp³-hybridized carbons (Fsp3) is 1.00. The van der Waals surface area contributed by atoms with Crippen LogP contribution in [0.2, 0.25) is 0 Å². The van der Waals surface area contributed by atoms with Gasteiger partial charge in [0.15, 0.2) is 0 Å². The van der Waals surface area contributed by atoms with E-state index in [4.69, 9.17) is 0 Å². The Kier molecular flexibility index (Phi) is 4.42. The molecule has 1 atom stereocenters. The standard InChI is InChI=1S/C18H34N2/c1-3-8-17(11-12-17)14-20-15-18(9-6-5-7-10-18)19-13-16(20)4-2/h16,19H,3-15H2,1-2H3. The second kappa shape index (κ2) is 5.96. The van der Waals surface area contributed by atoms with Crippen molar-refractivity contribution >= 4 is 0 Å². The zero-order valence-electron chi connectivity index (χ0n) is 13.7. The molecule has 1 unspecified atom stereocenters. The summed E-state index contributed by atoms with van der Waals surface area (Å²) in [5.74, 6) is 0. The van der Waals surface area contributed by atoms with Crippen LogP contribution in [0.4, 0.5) is 0 Å². The highest BCUT2D eigenvalue weighted by Crippen LogP contribution is 2.51. The molecule has 3 fully saturated rings. The summed E-state index contributed by atoms with van der Waals surface area (Å²) in [7, 11) is 0. The van der Waals surface area contributed by atoms with Gasteiger partial charge >= 0.3 is 0 Å². The molecule has 2 heteroatoms. The predicted octanol–water partition coefficient (Wildman–Crippen LogP) is 3.95. The minimum absolute atomic E-state index is 0.478. The van der Waals surface area contributed by atoms with Crippen LogP contribution in [0.5, 0.6) is 0 Å². The number of hydrogen-bond donors (Lipinski definition) is 1. The van der Waals surface area contributed by atoms with Crippen molar-refractivity contribution in [3.05, 3.63) is 0 Å². The van der Waals surface area contributed by atoms with E-state index < -0.39 is 0 Å². The number of nitrogens with one attached hydrogen (secondary N) is 1. The summed E-state index contributed by atoms with van der Waals surface area (Å²) >= 11 is 0. The summed E-state index contributed by atoms with van der Waals surface area (Å²) in [6.45, 7) is 8.69. The minimum atomic E-state index is 0.478. The Bertz CT molecular complexity index is 315. The molecule has 1 aliphatic heterocycles. The summed E-state index contributed by atoms with van der Waals surface area (Å²) in [5, 5.41) is 3.96. The van der Waals surface area contributed by atoms with Crippen molar-refractivity contribution in [2.24, 2.45) is 5.41 Å². The van der Waals surface area contributed by atoms with Crippen LogP contribution in [0.3, 0.4) is 0 Å². The van der Waals surface area contributed by atoms with E-state index in [-0.39, 0.29) is 0 Å². The molecule has 1 N–H and O–H groups in total. The lowest BCUT2D eigenvalue weighted by Crippen LogP contribution is -2.65. The molecule has 0 amide bonds. The SMILES string of the molecule is CCCC1(CN2CC3(CCCCC3)NCC2CC)CC1. The van der Waals surface area contributed by atoms with Crippen molar-refractivity contribution in [2.75, 3.05) is 19.6 Å². The van der Waals surface area contributed by atoms with E-state index in [1.807, 2.05) is 0 Å². The van der Waals surface area contributed by atoms with Gasteiger partial charge in [-0.1, -0.05) is 39.5 Å². The Hall–Kier alpha value is -0.0800. The Morgan fingerprint density at radius 2 is 1.80 bits per heavy atom. The lowest BCUT2D eigenvalue weighted by atomic mass is 9.79. The van der Waals surface area contributed by atoms with Crippen LogP contribution < -0.4 is 5.32 Å². The van der Waals surface area contributed by atoms with Crippen LogP contribution >= 0.6 is 0 Å². The van der Waals surface area contributed by atoms with Crippen molar-refractivity contribution in [1.29, 1.82) is 0 Å². The molecule has 2 saturated carbocycles. The van der Waals surface area contributed by atoms with Gasteiger partial charge in [-0.25, -0.2) is 0 Å². The third-order valence-corrected chi connectivity index (χ3v) is 6.29. The van der Waals surface area contributed by atoms with Crippen molar-refractivity contribution in [3.8, 4) is 0 Å². The monoisotopic (exact) mass is 278 g/mol. The highest BCUT2D eigenvalue weighted by Gasteiger charge is 2.47. The van der Waals surface area contributed by atoms with Gasteiger partial charge in [0, 0.05) is 31.2 Å². The van der Waals surface area contributed by atoms with Gasteiger partial charge in [-0.05, 0) is 43.9 Å². The molecule has 1 heterocycles. The van der Waals surface area contributed by atoms with Gasteiger partial charge in [-0.15, -0.1) is 0 Å². The van der Waals surface area contributed by atoms with Crippen LogP contribution in [-0.4, -0.2) is 36.1 Å². The van der Waals surface area contributed by atoms with Gasteiger partial charge < -0.3 is 5.32 Å². The average molecular weight is 278 g/mol. The van der Waals surface area contributed by atoms with Gasteiger partial charge in [-0.3, -0.25) is 4.90 Å². The highest BCUT2D eigenvalue weighted by atomic mass is 15.3. The maximum absolute atomic E-state index is 3.96. The first kappa shape index (κ1) is 14.8. The number of hydrogen-bond acceptors (Lipinski definition) is 2. The van der Waals surface area contributed by atoms with E-state index in [0.29, 0.717) is 5.54 Å². The van der Waals surface area contributed by atoms with Crippen LogP contribution in [0.15, 0.2) is 0 Å². The van der Waals surface area contributed by atoms with Gasteiger partial charge in [-0.2, -0.15) is 0 Å². The number of rotatable bonds is 5. The molecule has 3 aliphatic rings. The predicted molar refractivity (Wildman–Crippen MR) is 86.0 cm³/mol. The Labute approximate surface area is 125 Å². The fourth-order valence-corrected chi connectivity index (χ4v) is 4.81. The van der Waals surface area contributed by atoms with E-state index in [9.17, 15) is 0 Å². The third-order valence-electron chi connectivity index (χ3n) is 6.29. The molecule has 0 radical (unpaired) electrons. The summed E-state index contributed by atoms with van der Waals surface area (Å²) in [6, 6.07) is 0.789. The first-order chi connectivity index (χ1) is 9.71. The molecule has 2 aliphatic carbocycles. The van der Waals surface area contributed by atoms with Gasteiger partial charge in [0.05, 0.1) is 0 Å². The van der Waals surface area contributed by atoms with Gasteiger partial charge in [0.2, 0.25) is 0 Å². The first-order valence-electron chi connectivity index (χ1n) is 9.20. The summed E-state index contributed by atoms with van der Waals surface area (Å²) in [5.41, 5.74) is 1.20. The van der Waals surface area contributed by atoms with Crippen molar-refractivity contribution in [3.63, 3.8) is 0 Å². The van der Waals surface area contributed by atoms with Crippen molar-refractivity contribution in [2.45, 2.75) is 89.6 Å². The fourth-order valence-electron chi connectivity index (χ4n) is 4.81. The maximum atomic E-state index is 3.96. The van der Waals surface area contributed by atoms with E-state index >= 15 is 0 Å². The smallest absolute Gasteiger partial charge is 0.0309 e. The van der Waals surface area contributed by atoms with E-state index in [2.05, 4.69) is 24.1 Å². The van der Waals surface area contributed by atoms with Crippen molar-refractivity contribution in [1.82, 2.24) is 10.2 Å². The topological polar surface area (TPSA) is 15.3 Å². The Morgan fingerprint density at radius 1 is 1.05 bits per heavy atom. The number of piperazine rings is 1. The lowest BCUT2D eigenvalue weighted by molar-refractivity contribution is 0.0379. The van der Waals surface area contributed by atoms with Crippen molar-refractivity contribution < 1.29 is 0 Å². The number of nitrogens with zero attached hydrogens (tertiary/aromatic N) is 1. The molecule has 2 nitrogen and oxygen atoms in total. The Balaban J connectivity index is 1.65. The zero-order chi connectivity index (χ0) is 14.1. The molecule has 116 valence electrons. The molecule has 3 rings (SSSR count). The second-order valence-electron chi connectivity index (χ2n) is 7.94. The zero-order valence-corrected chi connectivity index (χ0v) is 13.7. The second-order valence-corrected chi connectivity index (χ2v) is 7.94. The lowest BCUT2D eigenvalue weighted by Gasteiger charge is -2.50. The quantitative estimate of drug-likeness (QED) is 0.819. The molecule has 0 aromatic rings.